The largest absolute Gasteiger partial charge is 0.371 e. The second-order valence-electron chi connectivity index (χ2n) is 6.22. The van der Waals surface area contributed by atoms with Crippen LogP contribution in [0.5, 0.6) is 0 Å². The normalized spacial score (nSPS) is 30.6. The van der Waals surface area contributed by atoms with Crippen molar-refractivity contribution in [2.24, 2.45) is 5.92 Å². The van der Waals surface area contributed by atoms with Gasteiger partial charge in [0.1, 0.15) is 5.78 Å². The molecule has 0 aliphatic carbocycles. The van der Waals surface area contributed by atoms with Crippen LogP contribution in [0.2, 0.25) is 0 Å². The van der Waals surface area contributed by atoms with Gasteiger partial charge in [0.2, 0.25) is 0 Å². The Morgan fingerprint density at radius 2 is 1.94 bits per heavy atom. The Morgan fingerprint density at radius 3 is 2.41 bits per heavy atom. The third-order valence-electron chi connectivity index (χ3n) is 4.18. The van der Waals surface area contributed by atoms with Crippen LogP contribution < -0.4 is 0 Å². The number of likely N-dealkylation sites (tertiary alicyclic amines) is 1. The lowest BCUT2D eigenvalue weighted by Gasteiger charge is -2.32. The van der Waals surface area contributed by atoms with E-state index < -0.39 is 0 Å². The average Bonchev–Trinajstić information content (AvgIpc) is 2.59. The minimum Gasteiger partial charge on any atom is -0.371 e. The van der Waals surface area contributed by atoms with E-state index in [2.05, 4.69) is 18.7 Å². The standard InChI is InChI=1S/C14H25NO2/c1-11(16)12-5-8-15(9-6-12)10-13-4-7-14(2,3)17-13/h12-13H,4-10H2,1-3H3. The molecule has 0 aromatic heterocycles. The van der Waals surface area contributed by atoms with E-state index in [4.69, 9.17) is 4.74 Å². The van der Waals surface area contributed by atoms with Crippen LogP contribution in [0.4, 0.5) is 0 Å². The summed E-state index contributed by atoms with van der Waals surface area (Å²) in [4.78, 5) is 13.8. The zero-order valence-electron chi connectivity index (χ0n) is 11.4. The summed E-state index contributed by atoms with van der Waals surface area (Å²) in [5.74, 6) is 0.676. The minimum atomic E-state index is 0.0718. The molecule has 0 aromatic carbocycles. The maximum atomic E-state index is 11.3. The van der Waals surface area contributed by atoms with Crippen LogP contribution >= 0.6 is 0 Å². The molecule has 1 unspecified atom stereocenters. The van der Waals surface area contributed by atoms with E-state index in [9.17, 15) is 4.79 Å². The molecule has 3 heteroatoms. The predicted molar refractivity (Wildman–Crippen MR) is 68.0 cm³/mol. The predicted octanol–water partition coefficient (Wildman–Crippen LogP) is 2.25. The topological polar surface area (TPSA) is 29.5 Å². The van der Waals surface area contributed by atoms with E-state index in [1.54, 1.807) is 6.92 Å². The number of Topliss-reactive ketones (excluding diaryl/α,β-unsaturated/α-hetero) is 1. The molecule has 0 aromatic rings. The number of nitrogens with zero attached hydrogens (tertiary/aromatic N) is 1. The number of hydrogen-bond acceptors (Lipinski definition) is 3. The molecule has 0 amide bonds. The average molecular weight is 239 g/mol. The third-order valence-corrected chi connectivity index (χ3v) is 4.18. The number of rotatable bonds is 3. The lowest BCUT2D eigenvalue weighted by atomic mass is 9.93. The second kappa shape index (κ2) is 5.07. The lowest BCUT2D eigenvalue weighted by Crippen LogP contribution is -2.40. The molecule has 2 heterocycles. The van der Waals surface area contributed by atoms with Gasteiger partial charge in [-0.3, -0.25) is 4.79 Å². The summed E-state index contributed by atoms with van der Waals surface area (Å²) in [6.45, 7) is 9.25. The van der Waals surface area contributed by atoms with Crippen LogP contribution in [-0.2, 0) is 9.53 Å². The fraction of sp³-hybridized carbons (Fsp3) is 0.929. The maximum absolute atomic E-state index is 11.3. The highest BCUT2D eigenvalue weighted by molar-refractivity contribution is 5.78. The first-order valence-corrected chi connectivity index (χ1v) is 6.87. The summed E-state index contributed by atoms with van der Waals surface area (Å²) in [7, 11) is 0. The molecule has 2 aliphatic heterocycles. The number of carbonyl (C=O) groups is 1. The summed E-state index contributed by atoms with van der Waals surface area (Å²) in [6.07, 6.45) is 4.82. The minimum absolute atomic E-state index is 0.0718. The molecule has 0 spiro atoms. The van der Waals surface area contributed by atoms with Crippen molar-refractivity contribution in [3.63, 3.8) is 0 Å². The van der Waals surface area contributed by atoms with Gasteiger partial charge in [0.25, 0.3) is 0 Å². The highest BCUT2D eigenvalue weighted by atomic mass is 16.5. The van der Waals surface area contributed by atoms with Crippen molar-refractivity contribution in [3.05, 3.63) is 0 Å². The molecule has 0 radical (unpaired) electrons. The molecule has 2 rings (SSSR count). The van der Waals surface area contributed by atoms with E-state index in [1.165, 1.54) is 12.8 Å². The Hall–Kier alpha value is -0.410. The molecule has 2 aliphatic rings. The second-order valence-corrected chi connectivity index (χ2v) is 6.22. The maximum Gasteiger partial charge on any atom is 0.133 e. The van der Waals surface area contributed by atoms with Crippen LogP contribution in [0.15, 0.2) is 0 Å². The van der Waals surface area contributed by atoms with Gasteiger partial charge in [0.05, 0.1) is 11.7 Å². The van der Waals surface area contributed by atoms with Crippen LogP contribution in [-0.4, -0.2) is 42.0 Å². The summed E-state index contributed by atoms with van der Waals surface area (Å²) in [6, 6.07) is 0. The molecule has 17 heavy (non-hydrogen) atoms. The van der Waals surface area contributed by atoms with Crippen LogP contribution in [0.3, 0.4) is 0 Å². The molecule has 2 saturated heterocycles. The van der Waals surface area contributed by atoms with Gasteiger partial charge in [-0.1, -0.05) is 0 Å². The van der Waals surface area contributed by atoms with Gasteiger partial charge in [-0.15, -0.1) is 0 Å². The number of hydrogen-bond donors (Lipinski definition) is 0. The fourth-order valence-electron chi connectivity index (χ4n) is 3.02. The number of ketones is 1. The molecule has 1 atom stereocenters. The van der Waals surface area contributed by atoms with Gasteiger partial charge in [-0.05, 0) is 59.5 Å². The Morgan fingerprint density at radius 1 is 1.29 bits per heavy atom. The Bertz CT molecular complexity index is 280. The number of carbonyl (C=O) groups excluding carboxylic acids is 1. The van der Waals surface area contributed by atoms with Crippen molar-refractivity contribution < 1.29 is 9.53 Å². The highest BCUT2D eigenvalue weighted by Crippen LogP contribution is 2.30. The molecule has 0 bridgehead atoms. The van der Waals surface area contributed by atoms with Gasteiger partial charge >= 0.3 is 0 Å². The molecule has 98 valence electrons. The van der Waals surface area contributed by atoms with E-state index in [0.29, 0.717) is 17.8 Å². The van der Waals surface area contributed by atoms with E-state index in [1.807, 2.05) is 0 Å². The van der Waals surface area contributed by atoms with Crippen LogP contribution in [0.1, 0.15) is 46.5 Å². The third kappa shape index (κ3) is 3.52. The molecular formula is C14H25NO2. The first-order chi connectivity index (χ1) is 7.96. The molecule has 2 fully saturated rings. The van der Waals surface area contributed by atoms with Crippen LogP contribution in [0.25, 0.3) is 0 Å². The van der Waals surface area contributed by atoms with Crippen molar-refractivity contribution in [2.45, 2.75) is 58.2 Å². The Balaban J connectivity index is 1.74. The smallest absolute Gasteiger partial charge is 0.133 e. The SMILES string of the molecule is CC(=O)C1CCN(CC2CCC(C)(C)O2)CC1. The fourth-order valence-corrected chi connectivity index (χ4v) is 3.02. The zero-order chi connectivity index (χ0) is 12.5. The number of ether oxygens (including phenoxy) is 1. The summed E-state index contributed by atoms with van der Waals surface area (Å²) < 4.78 is 6.02. The van der Waals surface area contributed by atoms with E-state index in [-0.39, 0.29) is 5.60 Å². The Kier molecular flexibility index (Phi) is 3.88. The first-order valence-electron chi connectivity index (χ1n) is 6.87. The van der Waals surface area contributed by atoms with Crippen molar-refractivity contribution in [1.29, 1.82) is 0 Å². The monoisotopic (exact) mass is 239 g/mol. The highest BCUT2D eigenvalue weighted by Gasteiger charge is 2.33. The van der Waals surface area contributed by atoms with Crippen molar-refractivity contribution in [3.8, 4) is 0 Å². The zero-order valence-corrected chi connectivity index (χ0v) is 11.4. The molecular weight excluding hydrogens is 214 g/mol. The molecule has 0 N–H and O–H groups in total. The molecule has 0 saturated carbocycles. The van der Waals surface area contributed by atoms with E-state index in [0.717, 1.165) is 32.5 Å². The van der Waals surface area contributed by atoms with E-state index >= 15 is 0 Å². The summed E-state index contributed by atoms with van der Waals surface area (Å²) in [5, 5.41) is 0. The summed E-state index contributed by atoms with van der Waals surface area (Å²) in [5.41, 5.74) is 0.0718. The van der Waals surface area contributed by atoms with Crippen molar-refractivity contribution in [2.75, 3.05) is 19.6 Å². The number of piperidine rings is 1. The van der Waals surface area contributed by atoms with Gasteiger partial charge in [0.15, 0.2) is 0 Å². The van der Waals surface area contributed by atoms with Gasteiger partial charge in [-0.25, -0.2) is 0 Å². The van der Waals surface area contributed by atoms with Crippen molar-refractivity contribution in [1.82, 2.24) is 4.90 Å². The quantitative estimate of drug-likeness (QED) is 0.756. The van der Waals surface area contributed by atoms with Gasteiger partial charge in [0, 0.05) is 12.5 Å². The summed E-state index contributed by atoms with van der Waals surface area (Å²) >= 11 is 0. The lowest BCUT2D eigenvalue weighted by molar-refractivity contribution is -0.122. The van der Waals surface area contributed by atoms with Gasteiger partial charge in [-0.2, -0.15) is 0 Å². The van der Waals surface area contributed by atoms with Gasteiger partial charge < -0.3 is 9.64 Å². The van der Waals surface area contributed by atoms with Crippen molar-refractivity contribution >= 4 is 5.78 Å². The first kappa shape index (κ1) is 13.0. The Labute approximate surface area is 105 Å². The molecule has 3 nitrogen and oxygen atoms in total. The van der Waals surface area contributed by atoms with Crippen LogP contribution in [0, 0.1) is 5.92 Å².